The number of ether oxygens (including phenoxy) is 1. The van der Waals surface area contributed by atoms with Crippen molar-refractivity contribution in [2.24, 2.45) is 0 Å². The maximum atomic E-state index is 11.9. The fourth-order valence-electron chi connectivity index (χ4n) is 4.65. The zero-order chi connectivity index (χ0) is 17.9. The number of piperidine rings is 2. The molecule has 1 N–H and O–H groups in total. The Morgan fingerprint density at radius 1 is 1.12 bits per heavy atom. The third-order valence-corrected chi connectivity index (χ3v) is 6.10. The topological polar surface area (TPSA) is 48.6 Å². The van der Waals surface area contributed by atoms with Gasteiger partial charge in [-0.1, -0.05) is 18.2 Å². The van der Waals surface area contributed by atoms with Gasteiger partial charge in [-0.25, -0.2) is 4.79 Å². The van der Waals surface area contributed by atoms with E-state index in [1.807, 2.05) is 18.0 Å². The van der Waals surface area contributed by atoms with Crippen LogP contribution in [0.2, 0.25) is 0 Å². The number of benzene rings is 1. The first-order valence-corrected chi connectivity index (χ1v) is 9.98. The predicted molar refractivity (Wildman–Crippen MR) is 103 cm³/mol. The Morgan fingerprint density at radius 3 is 2.62 bits per heavy atom. The normalized spacial score (nSPS) is 20.6. The van der Waals surface area contributed by atoms with Crippen LogP contribution < -0.4 is 0 Å². The van der Waals surface area contributed by atoms with Crippen molar-refractivity contribution in [3.8, 4) is 0 Å². The van der Waals surface area contributed by atoms with Crippen molar-refractivity contribution in [1.82, 2.24) is 14.8 Å². The quantitative estimate of drug-likeness (QED) is 0.906. The molecule has 0 bridgehead atoms. The van der Waals surface area contributed by atoms with Crippen LogP contribution in [0.3, 0.4) is 0 Å². The van der Waals surface area contributed by atoms with Gasteiger partial charge in [0, 0.05) is 30.8 Å². The number of aromatic amines is 1. The molecule has 5 heteroatoms. The fraction of sp³-hybridized carbons (Fsp3) is 0.571. The van der Waals surface area contributed by atoms with Crippen LogP contribution in [0.4, 0.5) is 4.79 Å². The zero-order valence-corrected chi connectivity index (χ0v) is 15.6. The number of carbonyl (C=O) groups is 1. The number of hydrogen-bond acceptors (Lipinski definition) is 3. The standard InChI is InChI=1S/C21H29N3O2/c1-2-26-21(25)24-14-9-18(10-15-24)23-12-7-16(8-13-23)19-5-3-4-17-6-11-22-20(17)19/h3-6,11,16,18,22H,2,7-10,12-15H2,1H3. The number of nitrogens with zero attached hydrogens (tertiary/aromatic N) is 2. The SMILES string of the molecule is CCOC(=O)N1CCC(N2CCC(c3cccc4cc[nH]c34)CC2)CC1. The summed E-state index contributed by atoms with van der Waals surface area (Å²) in [5.41, 5.74) is 2.79. The largest absolute Gasteiger partial charge is 0.450 e. The van der Waals surface area contributed by atoms with Gasteiger partial charge in [-0.15, -0.1) is 0 Å². The molecule has 26 heavy (non-hydrogen) atoms. The number of hydrogen-bond donors (Lipinski definition) is 1. The molecule has 0 spiro atoms. The molecular weight excluding hydrogens is 326 g/mol. The Balaban J connectivity index is 1.32. The fourth-order valence-corrected chi connectivity index (χ4v) is 4.65. The second-order valence-electron chi connectivity index (χ2n) is 7.52. The highest BCUT2D eigenvalue weighted by Gasteiger charge is 2.30. The Labute approximate surface area is 155 Å². The maximum Gasteiger partial charge on any atom is 0.409 e. The van der Waals surface area contributed by atoms with Gasteiger partial charge in [-0.2, -0.15) is 0 Å². The molecule has 1 aromatic heterocycles. The molecule has 0 unspecified atom stereocenters. The van der Waals surface area contributed by atoms with Crippen LogP contribution in [-0.4, -0.2) is 59.7 Å². The first kappa shape index (κ1) is 17.4. The van der Waals surface area contributed by atoms with E-state index < -0.39 is 0 Å². The Bertz CT molecular complexity index is 741. The molecular formula is C21H29N3O2. The van der Waals surface area contributed by atoms with Crippen LogP contribution in [0.25, 0.3) is 10.9 Å². The van der Waals surface area contributed by atoms with Gasteiger partial charge in [0.15, 0.2) is 0 Å². The van der Waals surface area contributed by atoms with Crippen molar-refractivity contribution in [3.63, 3.8) is 0 Å². The number of para-hydroxylation sites is 1. The number of aromatic nitrogens is 1. The first-order valence-electron chi connectivity index (χ1n) is 9.98. The molecule has 0 saturated carbocycles. The third kappa shape index (κ3) is 3.45. The molecule has 1 aromatic carbocycles. The van der Waals surface area contributed by atoms with E-state index in [2.05, 4.69) is 34.1 Å². The van der Waals surface area contributed by atoms with Gasteiger partial charge in [-0.3, -0.25) is 0 Å². The first-order chi connectivity index (χ1) is 12.8. The molecule has 2 fully saturated rings. The highest BCUT2D eigenvalue weighted by molar-refractivity contribution is 5.83. The highest BCUT2D eigenvalue weighted by Crippen LogP contribution is 2.34. The Hall–Kier alpha value is -2.01. The summed E-state index contributed by atoms with van der Waals surface area (Å²) >= 11 is 0. The maximum absolute atomic E-state index is 11.9. The number of likely N-dealkylation sites (tertiary alicyclic amines) is 2. The molecule has 1 amide bonds. The van der Waals surface area contributed by atoms with E-state index in [9.17, 15) is 4.79 Å². The molecule has 0 aliphatic carbocycles. The number of fused-ring (bicyclic) bond motifs is 1. The summed E-state index contributed by atoms with van der Waals surface area (Å²) < 4.78 is 5.12. The number of carbonyl (C=O) groups excluding carboxylic acids is 1. The summed E-state index contributed by atoms with van der Waals surface area (Å²) in [5, 5.41) is 1.32. The van der Waals surface area contributed by atoms with E-state index in [1.54, 1.807) is 0 Å². The molecule has 3 heterocycles. The second-order valence-corrected chi connectivity index (χ2v) is 7.52. The highest BCUT2D eigenvalue weighted by atomic mass is 16.6. The van der Waals surface area contributed by atoms with Crippen molar-refractivity contribution < 1.29 is 9.53 Å². The minimum absolute atomic E-state index is 0.149. The Morgan fingerprint density at radius 2 is 1.88 bits per heavy atom. The van der Waals surface area contributed by atoms with E-state index >= 15 is 0 Å². The van der Waals surface area contributed by atoms with Crippen molar-refractivity contribution in [3.05, 3.63) is 36.0 Å². The predicted octanol–water partition coefficient (Wildman–Crippen LogP) is 3.97. The van der Waals surface area contributed by atoms with Gasteiger partial charge in [0.1, 0.15) is 0 Å². The van der Waals surface area contributed by atoms with Gasteiger partial charge >= 0.3 is 6.09 Å². The van der Waals surface area contributed by atoms with Crippen LogP contribution in [0, 0.1) is 0 Å². The second kappa shape index (κ2) is 7.70. The summed E-state index contributed by atoms with van der Waals surface area (Å²) in [4.78, 5) is 19.8. The summed E-state index contributed by atoms with van der Waals surface area (Å²) in [6.07, 6.45) is 6.46. The molecule has 0 atom stereocenters. The summed E-state index contributed by atoms with van der Waals surface area (Å²) in [5.74, 6) is 0.647. The van der Waals surface area contributed by atoms with Gasteiger partial charge in [0.05, 0.1) is 6.61 Å². The molecule has 5 nitrogen and oxygen atoms in total. The van der Waals surface area contributed by atoms with Crippen molar-refractivity contribution in [2.45, 2.75) is 44.6 Å². The van der Waals surface area contributed by atoms with E-state index in [0.717, 1.165) is 39.0 Å². The molecule has 4 rings (SSSR count). The molecule has 0 radical (unpaired) electrons. The summed E-state index contributed by atoms with van der Waals surface area (Å²) in [7, 11) is 0. The van der Waals surface area contributed by atoms with Gasteiger partial charge in [0.25, 0.3) is 0 Å². The van der Waals surface area contributed by atoms with E-state index in [-0.39, 0.29) is 6.09 Å². The lowest BCUT2D eigenvalue weighted by atomic mass is 9.87. The van der Waals surface area contributed by atoms with Crippen LogP contribution in [0.1, 0.15) is 44.1 Å². The lowest BCUT2D eigenvalue weighted by molar-refractivity contribution is 0.0663. The van der Waals surface area contributed by atoms with E-state index in [4.69, 9.17) is 4.74 Å². The Kier molecular flexibility index (Phi) is 5.16. The number of amides is 1. The van der Waals surface area contributed by atoms with E-state index in [0.29, 0.717) is 18.6 Å². The number of rotatable bonds is 3. The van der Waals surface area contributed by atoms with Crippen LogP contribution >= 0.6 is 0 Å². The summed E-state index contributed by atoms with van der Waals surface area (Å²) in [6.45, 7) is 6.29. The third-order valence-electron chi connectivity index (χ3n) is 6.10. The van der Waals surface area contributed by atoms with Crippen LogP contribution in [-0.2, 0) is 4.74 Å². The number of H-pyrrole nitrogens is 1. The molecule has 2 aliphatic rings. The lowest BCUT2D eigenvalue weighted by Gasteiger charge is -2.41. The smallest absolute Gasteiger partial charge is 0.409 e. The monoisotopic (exact) mass is 355 g/mol. The van der Waals surface area contributed by atoms with Crippen molar-refractivity contribution in [2.75, 3.05) is 32.8 Å². The molecule has 2 aliphatic heterocycles. The zero-order valence-electron chi connectivity index (χ0n) is 15.6. The molecule has 2 saturated heterocycles. The summed E-state index contributed by atoms with van der Waals surface area (Å²) in [6, 6.07) is 9.43. The lowest BCUT2D eigenvalue weighted by Crippen LogP contribution is -2.48. The van der Waals surface area contributed by atoms with Crippen molar-refractivity contribution >= 4 is 17.0 Å². The van der Waals surface area contributed by atoms with Crippen LogP contribution in [0.15, 0.2) is 30.5 Å². The number of nitrogens with one attached hydrogen (secondary N) is 1. The minimum atomic E-state index is -0.149. The molecule has 140 valence electrons. The van der Waals surface area contributed by atoms with Crippen molar-refractivity contribution in [1.29, 1.82) is 0 Å². The van der Waals surface area contributed by atoms with E-state index in [1.165, 1.54) is 29.3 Å². The minimum Gasteiger partial charge on any atom is -0.450 e. The molecule has 2 aromatic rings. The van der Waals surface area contributed by atoms with Gasteiger partial charge in [-0.05, 0) is 68.6 Å². The average molecular weight is 355 g/mol. The van der Waals surface area contributed by atoms with Gasteiger partial charge in [0.2, 0.25) is 0 Å². The van der Waals surface area contributed by atoms with Crippen LogP contribution in [0.5, 0.6) is 0 Å². The van der Waals surface area contributed by atoms with Gasteiger partial charge < -0.3 is 19.5 Å². The average Bonchev–Trinajstić information content (AvgIpc) is 3.17.